The van der Waals surface area contributed by atoms with E-state index in [1.165, 1.54) is 55.6 Å². The number of hydrogen-bond acceptors (Lipinski definition) is 2. The molecule has 2 aliphatic carbocycles. The maximum Gasteiger partial charge on any atom is 0.124 e. The lowest BCUT2D eigenvalue weighted by molar-refractivity contribution is 0.354. The Morgan fingerprint density at radius 2 is 0.917 bits per heavy atom. The third-order valence-corrected chi connectivity index (χ3v) is 10.4. The van der Waals surface area contributed by atoms with Gasteiger partial charge in [-0.2, -0.15) is 0 Å². The highest BCUT2D eigenvalue weighted by Crippen LogP contribution is 2.59. The predicted octanol–water partition coefficient (Wildman–Crippen LogP) is 10.8. The first-order valence-corrected chi connectivity index (χ1v) is 16.7. The Morgan fingerprint density at radius 1 is 0.500 bits per heavy atom. The Balaban J connectivity index is 1.46. The summed E-state index contributed by atoms with van der Waals surface area (Å²) in [4.78, 5) is 0. The minimum absolute atomic E-state index is 0.424. The van der Waals surface area contributed by atoms with Crippen LogP contribution in [0.1, 0.15) is 51.4 Å². The quantitative estimate of drug-likeness (QED) is 0.149. The SMILES string of the molecule is C=CCOc1ccc(C2(c3ccc(OCC=C)c(C4(C)c5ccccc5-c5ccccc54)c3)c3ccccc3-c3ccccc32)cc1C. The second kappa shape index (κ2) is 11.6. The number of hydrogen-bond donors (Lipinski definition) is 0. The molecule has 234 valence electrons. The van der Waals surface area contributed by atoms with E-state index in [2.05, 4.69) is 160 Å². The lowest BCUT2D eigenvalue weighted by Gasteiger charge is -2.37. The summed E-state index contributed by atoms with van der Waals surface area (Å²) in [5, 5.41) is 0. The van der Waals surface area contributed by atoms with Crippen LogP contribution < -0.4 is 9.47 Å². The maximum absolute atomic E-state index is 6.52. The Kier molecular flexibility index (Phi) is 7.18. The van der Waals surface area contributed by atoms with Crippen LogP contribution in [0, 0.1) is 6.92 Å². The lowest BCUT2D eigenvalue weighted by atomic mass is 9.65. The van der Waals surface area contributed by atoms with Gasteiger partial charge in [0, 0.05) is 11.0 Å². The fraction of sp³-hybridized carbons (Fsp3) is 0.130. The molecule has 0 aliphatic heterocycles. The second-order valence-corrected chi connectivity index (χ2v) is 12.9. The van der Waals surface area contributed by atoms with Gasteiger partial charge in [-0.05, 0) is 93.2 Å². The van der Waals surface area contributed by atoms with Crippen LogP contribution in [0.15, 0.2) is 159 Å². The van der Waals surface area contributed by atoms with Crippen LogP contribution in [0.3, 0.4) is 0 Å². The molecule has 0 amide bonds. The molecular formula is C46H38O2. The first-order chi connectivity index (χ1) is 23.5. The van der Waals surface area contributed by atoms with E-state index in [1.807, 2.05) is 6.08 Å². The van der Waals surface area contributed by atoms with E-state index < -0.39 is 10.8 Å². The molecule has 0 fully saturated rings. The van der Waals surface area contributed by atoms with E-state index in [1.54, 1.807) is 6.08 Å². The topological polar surface area (TPSA) is 18.5 Å². The number of aryl methyl sites for hydroxylation is 1. The number of ether oxygens (including phenoxy) is 2. The molecule has 8 rings (SSSR count). The highest BCUT2D eigenvalue weighted by atomic mass is 16.5. The molecule has 0 saturated heterocycles. The third kappa shape index (κ3) is 4.19. The van der Waals surface area contributed by atoms with Gasteiger partial charge in [-0.15, -0.1) is 0 Å². The normalized spacial score (nSPS) is 14.3. The Morgan fingerprint density at radius 3 is 1.42 bits per heavy atom. The van der Waals surface area contributed by atoms with Crippen molar-refractivity contribution in [2.24, 2.45) is 0 Å². The molecule has 0 radical (unpaired) electrons. The molecule has 0 N–H and O–H groups in total. The minimum atomic E-state index is -0.575. The molecule has 48 heavy (non-hydrogen) atoms. The molecule has 0 heterocycles. The van der Waals surface area contributed by atoms with Gasteiger partial charge in [0.15, 0.2) is 0 Å². The Labute approximate surface area is 283 Å². The number of benzene rings is 6. The fourth-order valence-corrected chi connectivity index (χ4v) is 8.39. The van der Waals surface area contributed by atoms with E-state index in [4.69, 9.17) is 9.47 Å². The van der Waals surface area contributed by atoms with Crippen LogP contribution in [-0.2, 0) is 10.8 Å². The zero-order chi connectivity index (χ0) is 32.9. The Bertz CT molecular complexity index is 2130. The van der Waals surface area contributed by atoms with Crippen molar-refractivity contribution in [3.8, 4) is 33.8 Å². The van der Waals surface area contributed by atoms with Crippen molar-refractivity contribution in [1.82, 2.24) is 0 Å². The summed E-state index contributed by atoms with van der Waals surface area (Å²) in [6.45, 7) is 13.2. The first-order valence-electron chi connectivity index (χ1n) is 16.7. The van der Waals surface area contributed by atoms with Crippen molar-refractivity contribution < 1.29 is 9.47 Å². The molecule has 2 nitrogen and oxygen atoms in total. The lowest BCUT2D eigenvalue weighted by Crippen LogP contribution is -2.30. The van der Waals surface area contributed by atoms with Gasteiger partial charge in [0.25, 0.3) is 0 Å². The summed E-state index contributed by atoms with van der Waals surface area (Å²) in [6.07, 6.45) is 3.61. The highest BCUT2D eigenvalue weighted by molar-refractivity contribution is 5.87. The van der Waals surface area contributed by atoms with Crippen LogP contribution in [0.4, 0.5) is 0 Å². The Hall–Kier alpha value is -5.60. The smallest absolute Gasteiger partial charge is 0.124 e. The van der Waals surface area contributed by atoms with Crippen LogP contribution in [0.25, 0.3) is 22.3 Å². The molecule has 6 aromatic carbocycles. The van der Waals surface area contributed by atoms with E-state index in [0.29, 0.717) is 13.2 Å². The summed E-state index contributed by atoms with van der Waals surface area (Å²) >= 11 is 0. The fourth-order valence-electron chi connectivity index (χ4n) is 8.39. The van der Waals surface area contributed by atoms with Gasteiger partial charge in [0.1, 0.15) is 24.7 Å². The van der Waals surface area contributed by atoms with Gasteiger partial charge >= 0.3 is 0 Å². The van der Waals surface area contributed by atoms with Crippen molar-refractivity contribution in [2.45, 2.75) is 24.7 Å². The average molecular weight is 623 g/mol. The monoisotopic (exact) mass is 622 g/mol. The molecule has 2 heteroatoms. The maximum atomic E-state index is 6.52. The molecular weight excluding hydrogens is 585 g/mol. The molecule has 0 spiro atoms. The summed E-state index contributed by atoms with van der Waals surface area (Å²) in [5.41, 5.74) is 13.8. The van der Waals surface area contributed by atoms with Crippen molar-refractivity contribution >= 4 is 0 Å². The predicted molar refractivity (Wildman–Crippen MR) is 197 cm³/mol. The molecule has 0 saturated carbocycles. The summed E-state index contributed by atoms with van der Waals surface area (Å²) < 4.78 is 12.6. The van der Waals surface area contributed by atoms with Gasteiger partial charge in [-0.1, -0.05) is 141 Å². The van der Waals surface area contributed by atoms with Crippen molar-refractivity contribution in [3.05, 3.63) is 203 Å². The van der Waals surface area contributed by atoms with Crippen molar-refractivity contribution in [3.63, 3.8) is 0 Å². The number of rotatable bonds is 9. The van der Waals surface area contributed by atoms with E-state index >= 15 is 0 Å². The van der Waals surface area contributed by atoms with Crippen LogP contribution in [-0.4, -0.2) is 13.2 Å². The standard InChI is InChI=1S/C46H38O2/c1-5-27-47-43-25-23-32(29-31(43)3)46(40-21-13-9-17-36(40)37-18-10-14-22-41(37)46)33-24-26-44(48-28-6-2)42(30-33)45(4)38-19-11-7-15-34(38)35-16-8-12-20-39(35)45/h5-26,29-30H,1-2,27-28H2,3-4H3. The van der Waals surface area contributed by atoms with Crippen molar-refractivity contribution in [2.75, 3.05) is 13.2 Å². The van der Waals surface area contributed by atoms with E-state index in [-0.39, 0.29) is 0 Å². The molecule has 0 unspecified atom stereocenters. The van der Waals surface area contributed by atoms with Gasteiger partial charge in [0.05, 0.1) is 5.41 Å². The van der Waals surface area contributed by atoms with Gasteiger partial charge < -0.3 is 9.47 Å². The molecule has 2 aliphatic rings. The van der Waals surface area contributed by atoms with E-state index in [9.17, 15) is 0 Å². The number of fused-ring (bicyclic) bond motifs is 6. The first kappa shape index (κ1) is 29.8. The third-order valence-electron chi connectivity index (χ3n) is 10.4. The summed E-state index contributed by atoms with van der Waals surface area (Å²) in [7, 11) is 0. The largest absolute Gasteiger partial charge is 0.489 e. The molecule has 0 bridgehead atoms. The van der Waals surface area contributed by atoms with E-state index in [0.717, 1.165) is 22.6 Å². The summed E-state index contributed by atoms with van der Waals surface area (Å²) in [5.74, 6) is 1.74. The van der Waals surface area contributed by atoms with Gasteiger partial charge in [-0.25, -0.2) is 0 Å². The summed E-state index contributed by atoms with van der Waals surface area (Å²) in [6, 6.07) is 48.9. The second-order valence-electron chi connectivity index (χ2n) is 12.9. The van der Waals surface area contributed by atoms with Gasteiger partial charge in [0.2, 0.25) is 0 Å². The average Bonchev–Trinajstić information content (AvgIpc) is 3.58. The van der Waals surface area contributed by atoms with Crippen LogP contribution in [0.2, 0.25) is 0 Å². The van der Waals surface area contributed by atoms with Crippen LogP contribution >= 0.6 is 0 Å². The van der Waals surface area contributed by atoms with Gasteiger partial charge in [-0.3, -0.25) is 0 Å². The molecule has 0 atom stereocenters. The molecule has 0 aromatic heterocycles. The zero-order valence-corrected chi connectivity index (χ0v) is 27.5. The molecule has 6 aromatic rings. The highest BCUT2D eigenvalue weighted by Gasteiger charge is 2.48. The van der Waals surface area contributed by atoms with Crippen LogP contribution in [0.5, 0.6) is 11.5 Å². The van der Waals surface area contributed by atoms with Crippen molar-refractivity contribution in [1.29, 1.82) is 0 Å². The zero-order valence-electron chi connectivity index (χ0n) is 27.5. The minimum Gasteiger partial charge on any atom is -0.489 e.